The first-order chi connectivity index (χ1) is 8.17. The minimum Gasteiger partial charge on any atom is -0.383 e. The average Bonchev–Trinajstić information content (AvgIpc) is 2.30. The van der Waals surface area contributed by atoms with Gasteiger partial charge in [0.2, 0.25) is 5.91 Å². The molecule has 0 fully saturated rings. The molecule has 1 unspecified atom stereocenters. The van der Waals surface area contributed by atoms with Crippen molar-refractivity contribution >= 4 is 5.91 Å². The first-order valence-corrected chi connectivity index (χ1v) is 6.65. The monoisotopic (exact) mass is 244 g/mol. The molecule has 4 heteroatoms. The fourth-order valence-corrected chi connectivity index (χ4v) is 1.98. The van der Waals surface area contributed by atoms with Crippen molar-refractivity contribution in [1.82, 2.24) is 4.90 Å². The number of nitrogens with zero attached hydrogens (tertiary/aromatic N) is 1. The lowest BCUT2D eigenvalue weighted by Crippen LogP contribution is -2.40. The summed E-state index contributed by atoms with van der Waals surface area (Å²) >= 11 is 0. The molecule has 0 aliphatic heterocycles. The first kappa shape index (κ1) is 16.4. The Bertz CT molecular complexity index is 198. The summed E-state index contributed by atoms with van der Waals surface area (Å²) in [5.41, 5.74) is 5.42. The van der Waals surface area contributed by atoms with E-state index in [0.717, 1.165) is 38.8 Å². The molecule has 0 bridgehead atoms. The van der Waals surface area contributed by atoms with Gasteiger partial charge in [0.05, 0.1) is 12.6 Å². The molecule has 0 saturated heterocycles. The maximum atomic E-state index is 12.0. The standard InChI is InChI=1S/C13H28N2O2/c1-4-15(12(2)11-17-3)13(16)9-7-5-6-8-10-14/h12H,4-11,14H2,1-3H3. The van der Waals surface area contributed by atoms with E-state index in [-0.39, 0.29) is 11.9 Å². The number of carbonyl (C=O) groups excluding carboxylic acids is 1. The topological polar surface area (TPSA) is 55.6 Å². The van der Waals surface area contributed by atoms with Crippen LogP contribution in [0.5, 0.6) is 0 Å². The number of ether oxygens (including phenoxy) is 1. The van der Waals surface area contributed by atoms with Crippen LogP contribution < -0.4 is 5.73 Å². The van der Waals surface area contributed by atoms with Gasteiger partial charge in [-0.15, -0.1) is 0 Å². The van der Waals surface area contributed by atoms with Crippen LogP contribution in [0.15, 0.2) is 0 Å². The summed E-state index contributed by atoms with van der Waals surface area (Å²) in [5.74, 6) is 0.241. The van der Waals surface area contributed by atoms with Crippen LogP contribution in [0.1, 0.15) is 46.0 Å². The summed E-state index contributed by atoms with van der Waals surface area (Å²) in [6.07, 6.45) is 4.90. The molecule has 1 amide bonds. The number of nitrogens with two attached hydrogens (primary N) is 1. The summed E-state index contributed by atoms with van der Waals surface area (Å²) in [6, 6.07) is 0.168. The van der Waals surface area contributed by atoms with E-state index in [9.17, 15) is 4.79 Å². The van der Waals surface area contributed by atoms with Crippen LogP contribution in [0.25, 0.3) is 0 Å². The zero-order chi connectivity index (χ0) is 13.1. The molecule has 2 N–H and O–H groups in total. The van der Waals surface area contributed by atoms with Crippen molar-refractivity contribution in [2.24, 2.45) is 5.73 Å². The molecule has 102 valence electrons. The third-order valence-corrected chi connectivity index (χ3v) is 2.95. The van der Waals surface area contributed by atoms with Gasteiger partial charge in [-0.3, -0.25) is 4.79 Å². The van der Waals surface area contributed by atoms with Crippen molar-refractivity contribution in [3.05, 3.63) is 0 Å². The predicted octanol–water partition coefficient (Wildman–Crippen LogP) is 1.78. The number of likely N-dealkylation sites (N-methyl/N-ethyl adjacent to an activating group) is 1. The molecule has 1 atom stereocenters. The van der Waals surface area contributed by atoms with E-state index < -0.39 is 0 Å². The fourth-order valence-electron chi connectivity index (χ4n) is 1.98. The van der Waals surface area contributed by atoms with Gasteiger partial charge in [0.1, 0.15) is 0 Å². The normalized spacial score (nSPS) is 12.5. The minimum absolute atomic E-state index is 0.168. The molecule has 0 rings (SSSR count). The van der Waals surface area contributed by atoms with Crippen molar-refractivity contribution < 1.29 is 9.53 Å². The number of amides is 1. The van der Waals surface area contributed by atoms with E-state index in [1.165, 1.54) is 0 Å². The molecule has 0 spiro atoms. The molecule has 0 aromatic heterocycles. The van der Waals surface area contributed by atoms with E-state index in [4.69, 9.17) is 10.5 Å². The van der Waals surface area contributed by atoms with Crippen LogP contribution >= 0.6 is 0 Å². The lowest BCUT2D eigenvalue weighted by atomic mass is 10.1. The van der Waals surface area contributed by atoms with E-state index in [0.29, 0.717) is 13.0 Å². The average molecular weight is 244 g/mol. The Morgan fingerprint density at radius 2 is 1.94 bits per heavy atom. The molecule has 17 heavy (non-hydrogen) atoms. The van der Waals surface area contributed by atoms with Gasteiger partial charge in [-0.1, -0.05) is 12.8 Å². The number of methoxy groups -OCH3 is 1. The van der Waals surface area contributed by atoms with E-state index in [2.05, 4.69) is 0 Å². The Balaban J connectivity index is 3.83. The second kappa shape index (κ2) is 10.5. The van der Waals surface area contributed by atoms with Gasteiger partial charge < -0.3 is 15.4 Å². The van der Waals surface area contributed by atoms with Crippen LogP contribution in [-0.2, 0) is 9.53 Å². The van der Waals surface area contributed by atoms with Gasteiger partial charge in [0.15, 0.2) is 0 Å². The largest absolute Gasteiger partial charge is 0.383 e. The highest BCUT2D eigenvalue weighted by Crippen LogP contribution is 2.08. The Morgan fingerprint density at radius 1 is 1.29 bits per heavy atom. The summed E-state index contributed by atoms with van der Waals surface area (Å²) in [7, 11) is 1.67. The SMILES string of the molecule is CCN(C(=O)CCCCCCN)C(C)COC. The molecule has 0 aromatic carbocycles. The van der Waals surface area contributed by atoms with Gasteiger partial charge in [0, 0.05) is 20.1 Å². The Hall–Kier alpha value is -0.610. The zero-order valence-corrected chi connectivity index (χ0v) is 11.6. The summed E-state index contributed by atoms with van der Waals surface area (Å²) in [5, 5.41) is 0. The second-order valence-corrected chi connectivity index (χ2v) is 4.44. The first-order valence-electron chi connectivity index (χ1n) is 6.65. The number of rotatable bonds is 10. The molecule has 0 radical (unpaired) electrons. The minimum atomic E-state index is 0.168. The lowest BCUT2D eigenvalue weighted by molar-refractivity contribution is -0.134. The predicted molar refractivity (Wildman–Crippen MR) is 70.9 cm³/mol. The molecule has 0 aliphatic carbocycles. The van der Waals surface area contributed by atoms with Crippen LogP contribution in [0.3, 0.4) is 0 Å². The molecule has 0 aliphatic rings. The van der Waals surface area contributed by atoms with E-state index >= 15 is 0 Å². The summed E-state index contributed by atoms with van der Waals surface area (Å²) in [6.45, 7) is 6.15. The molecular formula is C13H28N2O2. The van der Waals surface area contributed by atoms with Gasteiger partial charge in [-0.2, -0.15) is 0 Å². The molecule has 0 aromatic rings. The lowest BCUT2D eigenvalue weighted by Gasteiger charge is -2.27. The fraction of sp³-hybridized carbons (Fsp3) is 0.923. The van der Waals surface area contributed by atoms with Gasteiger partial charge in [-0.25, -0.2) is 0 Å². The van der Waals surface area contributed by atoms with Crippen molar-refractivity contribution in [2.75, 3.05) is 26.8 Å². The number of carbonyl (C=O) groups is 1. The van der Waals surface area contributed by atoms with Crippen molar-refractivity contribution in [2.45, 2.75) is 52.0 Å². The highest BCUT2D eigenvalue weighted by Gasteiger charge is 2.17. The number of unbranched alkanes of at least 4 members (excludes halogenated alkanes) is 3. The smallest absolute Gasteiger partial charge is 0.222 e. The third-order valence-electron chi connectivity index (χ3n) is 2.95. The van der Waals surface area contributed by atoms with E-state index in [1.54, 1.807) is 7.11 Å². The quantitative estimate of drug-likeness (QED) is 0.596. The third kappa shape index (κ3) is 7.34. The maximum Gasteiger partial charge on any atom is 0.222 e. The summed E-state index contributed by atoms with van der Waals surface area (Å²) in [4.78, 5) is 13.9. The molecule has 0 saturated carbocycles. The van der Waals surface area contributed by atoms with Crippen LogP contribution in [0.4, 0.5) is 0 Å². The van der Waals surface area contributed by atoms with Gasteiger partial charge in [-0.05, 0) is 33.2 Å². The molecule has 4 nitrogen and oxygen atoms in total. The van der Waals surface area contributed by atoms with Crippen LogP contribution in [0, 0.1) is 0 Å². The molecular weight excluding hydrogens is 216 g/mol. The van der Waals surface area contributed by atoms with Gasteiger partial charge >= 0.3 is 0 Å². The van der Waals surface area contributed by atoms with E-state index in [1.807, 2.05) is 18.7 Å². The highest BCUT2D eigenvalue weighted by molar-refractivity contribution is 5.76. The number of hydrogen-bond donors (Lipinski definition) is 1. The molecule has 0 heterocycles. The Kier molecular flexibility index (Phi) is 10.2. The Labute approximate surface area is 105 Å². The number of hydrogen-bond acceptors (Lipinski definition) is 3. The van der Waals surface area contributed by atoms with Gasteiger partial charge in [0.25, 0.3) is 0 Å². The van der Waals surface area contributed by atoms with Crippen LogP contribution in [0.2, 0.25) is 0 Å². The maximum absolute atomic E-state index is 12.0. The van der Waals surface area contributed by atoms with Crippen molar-refractivity contribution in [3.8, 4) is 0 Å². The summed E-state index contributed by atoms with van der Waals surface area (Å²) < 4.78 is 5.09. The van der Waals surface area contributed by atoms with Crippen molar-refractivity contribution in [1.29, 1.82) is 0 Å². The highest BCUT2D eigenvalue weighted by atomic mass is 16.5. The Morgan fingerprint density at radius 3 is 2.47 bits per heavy atom. The van der Waals surface area contributed by atoms with Crippen LogP contribution in [-0.4, -0.2) is 43.7 Å². The zero-order valence-electron chi connectivity index (χ0n) is 11.6. The second-order valence-electron chi connectivity index (χ2n) is 4.44. The van der Waals surface area contributed by atoms with Crippen molar-refractivity contribution in [3.63, 3.8) is 0 Å².